The van der Waals surface area contributed by atoms with Gasteiger partial charge < -0.3 is 18.9 Å². The Labute approximate surface area is 171 Å². The lowest BCUT2D eigenvalue weighted by atomic mass is 10.1. The first-order chi connectivity index (χ1) is 13.8. The maximum absolute atomic E-state index is 5.91. The van der Waals surface area contributed by atoms with E-state index < -0.39 is 0 Å². The lowest BCUT2D eigenvalue weighted by Crippen LogP contribution is -2.33. The molecule has 1 saturated heterocycles. The predicted octanol–water partition coefficient (Wildman–Crippen LogP) is 5.77. The van der Waals surface area contributed by atoms with E-state index >= 15 is 0 Å². The number of ether oxygens (including phenoxy) is 4. The quantitative estimate of drug-likeness (QED) is 0.355. The Bertz CT molecular complexity index is 480. The molecule has 1 aliphatic heterocycles. The van der Waals surface area contributed by atoms with E-state index in [4.69, 9.17) is 18.9 Å². The molecule has 1 fully saturated rings. The fourth-order valence-corrected chi connectivity index (χ4v) is 3.30. The smallest absolute Gasteiger partial charge is 0.157 e. The first-order valence-electron chi connectivity index (χ1n) is 11.3. The molecule has 0 bridgehead atoms. The van der Waals surface area contributed by atoms with Crippen molar-refractivity contribution in [3.8, 4) is 5.75 Å². The molecule has 1 aromatic rings. The van der Waals surface area contributed by atoms with E-state index in [0.717, 1.165) is 64.5 Å². The molecular formula is C24H40O4. The van der Waals surface area contributed by atoms with Crippen LogP contribution in [-0.4, -0.2) is 39.3 Å². The molecule has 0 amide bonds. The third-order valence-electron chi connectivity index (χ3n) is 5.21. The molecule has 1 aliphatic rings. The minimum absolute atomic E-state index is 0.0771. The Kier molecular flexibility index (Phi) is 12.3. The van der Waals surface area contributed by atoms with E-state index in [0.29, 0.717) is 5.92 Å². The summed E-state index contributed by atoms with van der Waals surface area (Å²) in [4.78, 5) is 0. The lowest BCUT2D eigenvalue weighted by molar-refractivity contribution is -0.204. The second-order valence-corrected chi connectivity index (χ2v) is 7.81. The number of aryl methyl sites for hydroxylation is 1. The summed E-state index contributed by atoms with van der Waals surface area (Å²) in [6.07, 6.45) is 10.1. The first-order valence-corrected chi connectivity index (χ1v) is 11.3. The molecule has 0 radical (unpaired) electrons. The van der Waals surface area contributed by atoms with Crippen LogP contribution in [0, 0.1) is 5.92 Å². The molecule has 4 heteroatoms. The van der Waals surface area contributed by atoms with Gasteiger partial charge >= 0.3 is 0 Å². The molecule has 1 heterocycles. The summed E-state index contributed by atoms with van der Waals surface area (Å²) < 4.78 is 23.3. The van der Waals surface area contributed by atoms with Gasteiger partial charge in [0.1, 0.15) is 5.75 Å². The summed E-state index contributed by atoms with van der Waals surface area (Å²) in [5.41, 5.74) is 1.30. The van der Waals surface area contributed by atoms with E-state index in [1.165, 1.54) is 37.7 Å². The van der Waals surface area contributed by atoms with Crippen molar-refractivity contribution in [2.24, 2.45) is 5.92 Å². The van der Waals surface area contributed by atoms with Crippen LogP contribution in [0.25, 0.3) is 0 Å². The molecule has 0 spiro atoms. The van der Waals surface area contributed by atoms with E-state index in [9.17, 15) is 0 Å². The van der Waals surface area contributed by atoms with Crippen LogP contribution >= 0.6 is 0 Å². The fourth-order valence-electron chi connectivity index (χ4n) is 3.30. The number of unbranched alkanes of at least 4 members (excludes halogenated alkanes) is 4. The standard InChI is InChI=1S/C24H40O4/c1-3-5-7-16-25-18-15-22-19-27-24(28-20-22)14-11-21-9-12-23(13-10-21)26-17-8-6-4-2/h9-10,12-13,22,24H,3-8,11,14-20H2,1-2H3. The number of hydrogen-bond donors (Lipinski definition) is 0. The monoisotopic (exact) mass is 392 g/mol. The second-order valence-electron chi connectivity index (χ2n) is 7.81. The van der Waals surface area contributed by atoms with Gasteiger partial charge in [0.05, 0.1) is 19.8 Å². The van der Waals surface area contributed by atoms with Crippen molar-refractivity contribution in [3.63, 3.8) is 0 Å². The number of benzene rings is 1. The normalized spacial score (nSPS) is 19.6. The molecule has 4 nitrogen and oxygen atoms in total. The second kappa shape index (κ2) is 14.8. The molecule has 0 aliphatic carbocycles. The predicted molar refractivity (Wildman–Crippen MR) is 114 cm³/mol. The Morgan fingerprint density at radius 3 is 2.18 bits per heavy atom. The van der Waals surface area contributed by atoms with Gasteiger partial charge in [-0.3, -0.25) is 0 Å². The summed E-state index contributed by atoms with van der Waals surface area (Å²) >= 11 is 0. The average Bonchev–Trinajstić information content (AvgIpc) is 2.74. The van der Waals surface area contributed by atoms with Gasteiger partial charge in [-0.2, -0.15) is 0 Å². The Balaban J connectivity index is 1.53. The highest BCUT2D eigenvalue weighted by atomic mass is 16.7. The van der Waals surface area contributed by atoms with Crippen LogP contribution in [-0.2, 0) is 20.6 Å². The Morgan fingerprint density at radius 2 is 1.50 bits per heavy atom. The van der Waals surface area contributed by atoms with Gasteiger partial charge in [-0.25, -0.2) is 0 Å². The van der Waals surface area contributed by atoms with Crippen molar-refractivity contribution in [1.82, 2.24) is 0 Å². The van der Waals surface area contributed by atoms with Gasteiger partial charge in [-0.05, 0) is 43.4 Å². The van der Waals surface area contributed by atoms with Gasteiger partial charge in [-0.15, -0.1) is 0 Å². The van der Waals surface area contributed by atoms with Crippen LogP contribution in [0.4, 0.5) is 0 Å². The van der Waals surface area contributed by atoms with Crippen LogP contribution in [0.1, 0.15) is 70.8 Å². The van der Waals surface area contributed by atoms with Gasteiger partial charge in [0.2, 0.25) is 0 Å². The molecule has 28 heavy (non-hydrogen) atoms. The molecule has 0 saturated carbocycles. The zero-order valence-corrected chi connectivity index (χ0v) is 18.0. The highest BCUT2D eigenvalue weighted by molar-refractivity contribution is 5.27. The Morgan fingerprint density at radius 1 is 0.821 bits per heavy atom. The maximum Gasteiger partial charge on any atom is 0.157 e. The molecule has 0 unspecified atom stereocenters. The molecule has 0 aromatic heterocycles. The first kappa shape index (κ1) is 23.2. The van der Waals surface area contributed by atoms with Crippen molar-refractivity contribution in [3.05, 3.63) is 29.8 Å². The number of hydrogen-bond acceptors (Lipinski definition) is 4. The van der Waals surface area contributed by atoms with Gasteiger partial charge in [0, 0.05) is 25.6 Å². The highest BCUT2D eigenvalue weighted by Gasteiger charge is 2.21. The molecule has 160 valence electrons. The highest BCUT2D eigenvalue weighted by Crippen LogP contribution is 2.20. The van der Waals surface area contributed by atoms with Gasteiger partial charge in [0.25, 0.3) is 0 Å². The van der Waals surface area contributed by atoms with Gasteiger partial charge in [-0.1, -0.05) is 51.7 Å². The molecule has 1 aromatic carbocycles. The minimum Gasteiger partial charge on any atom is -0.494 e. The average molecular weight is 393 g/mol. The maximum atomic E-state index is 5.91. The lowest BCUT2D eigenvalue weighted by Gasteiger charge is -2.29. The van der Waals surface area contributed by atoms with Crippen LogP contribution in [0.5, 0.6) is 5.75 Å². The van der Waals surface area contributed by atoms with E-state index in [1.54, 1.807) is 0 Å². The van der Waals surface area contributed by atoms with E-state index in [-0.39, 0.29) is 6.29 Å². The SMILES string of the molecule is CCCCCOCCC1COC(CCc2ccc(OCCCCC)cc2)OC1. The third kappa shape index (κ3) is 9.90. The zero-order chi connectivity index (χ0) is 19.9. The van der Waals surface area contributed by atoms with Gasteiger partial charge in [0.15, 0.2) is 6.29 Å². The summed E-state index contributed by atoms with van der Waals surface area (Å²) in [6.45, 7) is 8.50. The minimum atomic E-state index is -0.0771. The topological polar surface area (TPSA) is 36.9 Å². The van der Waals surface area contributed by atoms with E-state index in [1.807, 2.05) is 0 Å². The van der Waals surface area contributed by atoms with Crippen LogP contribution in [0.15, 0.2) is 24.3 Å². The van der Waals surface area contributed by atoms with Crippen molar-refractivity contribution in [2.75, 3.05) is 33.0 Å². The molecule has 2 rings (SSSR count). The third-order valence-corrected chi connectivity index (χ3v) is 5.21. The largest absolute Gasteiger partial charge is 0.494 e. The van der Waals surface area contributed by atoms with Crippen molar-refractivity contribution in [1.29, 1.82) is 0 Å². The summed E-state index contributed by atoms with van der Waals surface area (Å²) in [5.74, 6) is 1.43. The van der Waals surface area contributed by atoms with Crippen molar-refractivity contribution < 1.29 is 18.9 Å². The molecular weight excluding hydrogens is 352 g/mol. The zero-order valence-electron chi connectivity index (χ0n) is 18.0. The van der Waals surface area contributed by atoms with Crippen LogP contribution in [0.3, 0.4) is 0 Å². The number of rotatable bonds is 15. The summed E-state index contributed by atoms with van der Waals surface area (Å²) in [7, 11) is 0. The van der Waals surface area contributed by atoms with Crippen LogP contribution in [0.2, 0.25) is 0 Å². The molecule has 0 atom stereocenters. The van der Waals surface area contributed by atoms with Crippen molar-refractivity contribution >= 4 is 0 Å². The molecule has 0 N–H and O–H groups in total. The summed E-state index contributed by atoms with van der Waals surface area (Å²) in [6, 6.07) is 8.44. The Hall–Kier alpha value is -1.10. The van der Waals surface area contributed by atoms with E-state index in [2.05, 4.69) is 38.1 Å². The summed E-state index contributed by atoms with van der Waals surface area (Å²) in [5, 5.41) is 0. The fraction of sp³-hybridized carbons (Fsp3) is 0.750. The van der Waals surface area contributed by atoms with Crippen LogP contribution < -0.4 is 4.74 Å². The van der Waals surface area contributed by atoms with Crippen molar-refractivity contribution in [2.45, 2.75) is 77.9 Å².